The zero-order valence-electron chi connectivity index (χ0n) is 19.1. The largest absolute Gasteiger partial charge is 0.504 e. The van der Waals surface area contributed by atoms with E-state index in [1.807, 2.05) is 0 Å². The van der Waals surface area contributed by atoms with Crippen LogP contribution in [-0.2, 0) is 23.9 Å². The van der Waals surface area contributed by atoms with Crippen LogP contribution in [-0.4, -0.2) is 77.6 Å². The smallest absolute Gasteiger partial charge is 0.335 e. The minimum Gasteiger partial charge on any atom is -0.504 e. The van der Waals surface area contributed by atoms with Crippen molar-refractivity contribution >= 4 is 30.1 Å². The number of esters is 2. The first kappa shape index (κ1) is 27.0. The summed E-state index contributed by atoms with van der Waals surface area (Å²) in [7, 11) is 0. The van der Waals surface area contributed by atoms with E-state index in [-0.39, 0.29) is 11.3 Å². The molecule has 0 saturated heterocycles. The van der Waals surface area contributed by atoms with Gasteiger partial charge in [-0.05, 0) is 35.9 Å². The Morgan fingerprint density at radius 2 is 1.54 bits per heavy atom. The van der Waals surface area contributed by atoms with Crippen LogP contribution in [0.2, 0.25) is 0 Å². The standard InChI is InChI=1S/C25H24O12/c26-15-7-4-13(10-17(15)28)5-8-20(30)36-19-12-25(35,24(33)34)11-18(29)23(19)37-21(31)9-6-14-2-1-3-16(27)22(14)32/h1-10,18-19,23,26-29,32,35H,11-12H2,(H,33,34). The summed E-state index contributed by atoms with van der Waals surface area (Å²) < 4.78 is 10.4. The molecule has 0 spiro atoms. The van der Waals surface area contributed by atoms with Crippen molar-refractivity contribution in [2.75, 3.05) is 0 Å². The van der Waals surface area contributed by atoms with Gasteiger partial charge in [0.15, 0.2) is 34.7 Å². The van der Waals surface area contributed by atoms with Gasteiger partial charge in [0.25, 0.3) is 0 Å². The molecule has 7 N–H and O–H groups in total. The number of rotatable bonds is 7. The molecule has 3 rings (SSSR count). The number of ether oxygens (including phenoxy) is 2. The number of carboxylic acid groups (broad SMARTS) is 1. The monoisotopic (exact) mass is 516 g/mol. The molecule has 1 aliphatic carbocycles. The average Bonchev–Trinajstić information content (AvgIpc) is 2.83. The molecule has 196 valence electrons. The third-order valence-electron chi connectivity index (χ3n) is 5.61. The van der Waals surface area contributed by atoms with Crippen LogP contribution in [0.3, 0.4) is 0 Å². The Morgan fingerprint density at radius 3 is 2.22 bits per heavy atom. The highest BCUT2D eigenvalue weighted by molar-refractivity contribution is 5.89. The fourth-order valence-corrected chi connectivity index (χ4v) is 3.69. The number of hydrogen-bond acceptors (Lipinski definition) is 11. The first-order valence-corrected chi connectivity index (χ1v) is 10.8. The molecule has 0 amide bonds. The number of aromatic hydroxyl groups is 4. The molecule has 4 atom stereocenters. The lowest BCUT2D eigenvalue weighted by Gasteiger charge is -2.40. The van der Waals surface area contributed by atoms with Crippen LogP contribution < -0.4 is 0 Å². The Hall–Kier alpha value is -4.55. The van der Waals surface area contributed by atoms with Gasteiger partial charge in [0.05, 0.1) is 6.10 Å². The van der Waals surface area contributed by atoms with Gasteiger partial charge in [0.1, 0.15) is 6.10 Å². The highest BCUT2D eigenvalue weighted by Crippen LogP contribution is 2.34. The molecule has 12 heteroatoms. The Balaban J connectivity index is 1.77. The number of carbonyl (C=O) groups excluding carboxylic acids is 2. The Kier molecular flexibility index (Phi) is 8.05. The second-order valence-corrected chi connectivity index (χ2v) is 8.32. The van der Waals surface area contributed by atoms with E-state index in [9.17, 15) is 50.1 Å². The minimum atomic E-state index is -2.47. The number of carboxylic acids is 1. The molecule has 1 saturated carbocycles. The van der Waals surface area contributed by atoms with Crippen LogP contribution >= 0.6 is 0 Å². The number of carbonyl (C=O) groups is 3. The summed E-state index contributed by atoms with van der Waals surface area (Å²) in [6, 6.07) is 7.77. The lowest BCUT2D eigenvalue weighted by molar-refractivity contribution is -0.204. The van der Waals surface area contributed by atoms with E-state index < -0.39 is 71.9 Å². The van der Waals surface area contributed by atoms with Crippen molar-refractivity contribution in [2.45, 2.75) is 36.8 Å². The number of phenolic OH excluding ortho intramolecular Hbond substituents is 4. The predicted molar refractivity (Wildman–Crippen MR) is 125 cm³/mol. The van der Waals surface area contributed by atoms with Gasteiger partial charge in [0.2, 0.25) is 0 Å². The summed E-state index contributed by atoms with van der Waals surface area (Å²) in [5.74, 6) is -5.49. The molecule has 4 unspecified atom stereocenters. The SMILES string of the molecule is O=C(C=Cc1ccc(O)c(O)c1)OC1CC(O)(C(=O)O)CC(O)C1OC(=O)C=Cc1cccc(O)c1O. The van der Waals surface area contributed by atoms with Gasteiger partial charge in [-0.25, -0.2) is 14.4 Å². The minimum absolute atomic E-state index is 0.0785. The summed E-state index contributed by atoms with van der Waals surface area (Å²) in [4.78, 5) is 36.3. The number of phenols is 4. The van der Waals surface area contributed by atoms with E-state index in [0.29, 0.717) is 5.56 Å². The van der Waals surface area contributed by atoms with Crippen molar-refractivity contribution in [3.8, 4) is 23.0 Å². The van der Waals surface area contributed by atoms with E-state index in [0.717, 1.165) is 24.3 Å². The molecular weight excluding hydrogens is 492 g/mol. The number of aliphatic hydroxyl groups is 2. The van der Waals surface area contributed by atoms with E-state index in [2.05, 4.69) is 0 Å². The molecule has 37 heavy (non-hydrogen) atoms. The summed E-state index contributed by atoms with van der Waals surface area (Å²) >= 11 is 0. The van der Waals surface area contributed by atoms with Gasteiger partial charge in [-0.15, -0.1) is 0 Å². The number of aliphatic carboxylic acids is 1. The predicted octanol–water partition coefficient (Wildman–Crippen LogP) is 1.03. The molecule has 0 radical (unpaired) electrons. The molecular formula is C25H24O12. The zero-order valence-corrected chi connectivity index (χ0v) is 19.1. The molecule has 0 heterocycles. The fourth-order valence-electron chi connectivity index (χ4n) is 3.69. The van der Waals surface area contributed by atoms with Gasteiger partial charge in [-0.1, -0.05) is 18.2 Å². The molecule has 1 aliphatic rings. The van der Waals surface area contributed by atoms with Crippen molar-refractivity contribution < 1.29 is 59.6 Å². The molecule has 2 aromatic rings. The fraction of sp³-hybridized carbons (Fsp3) is 0.240. The van der Waals surface area contributed by atoms with Crippen molar-refractivity contribution in [3.63, 3.8) is 0 Å². The third-order valence-corrected chi connectivity index (χ3v) is 5.61. The second kappa shape index (κ2) is 11.0. The van der Waals surface area contributed by atoms with E-state index in [1.54, 1.807) is 0 Å². The van der Waals surface area contributed by atoms with Gasteiger partial charge < -0.3 is 45.2 Å². The average molecular weight is 516 g/mol. The van der Waals surface area contributed by atoms with Crippen LogP contribution in [0.25, 0.3) is 12.2 Å². The zero-order chi connectivity index (χ0) is 27.3. The van der Waals surface area contributed by atoms with E-state index >= 15 is 0 Å². The van der Waals surface area contributed by atoms with Crippen molar-refractivity contribution in [2.24, 2.45) is 0 Å². The maximum absolute atomic E-state index is 12.4. The summed E-state index contributed by atoms with van der Waals surface area (Å²) in [5.41, 5.74) is -2.08. The number of aliphatic hydroxyl groups excluding tert-OH is 1. The van der Waals surface area contributed by atoms with Crippen molar-refractivity contribution in [1.29, 1.82) is 0 Å². The molecule has 12 nitrogen and oxygen atoms in total. The topological polar surface area (TPSA) is 211 Å². The van der Waals surface area contributed by atoms with Crippen molar-refractivity contribution in [3.05, 3.63) is 59.7 Å². The number of benzene rings is 2. The Labute approximate surface area is 209 Å². The van der Waals surface area contributed by atoms with Gasteiger partial charge >= 0.3 is 17.9 Å². The quantitative estimate of drug-likeness (QED) is 0.156. The molecule has 0 bridgehead atoms. The Bertz CT molecular complexity index is 1250. The maximum atomic E-state index is 12.4. The number of hydrogen-bond donors (Lipinski definition) is 7. The van der Waals surface area contributed by atoms with Gasteiger partial charge in [0, 0.05) is 30.6 Å². The lowest BCUT2D eigenvalue weighted by atomic mass is 9.79. The van der Waals surface area contributed by atoms with Crippen LogP contribution in [0.4, 0.5) is 0 Å². The summed E-state index contributed by atoms with van der Waals surface area (Å²) in [6.07, 6.45) is -2.14. The summed E-state index contributed by atoms with van der Waals surface area (Å²) in [5, 5.41) is 68.5. The lowest BCUT2D eigenvalue weighted by Crippen LogP contribution is -2.58. The van der Waals surface area contributed by atoms with Gasteiger partial charge in [-0.3, -0.25) is 0 Å². The van der Waals surface area contributed by atoms with E-state index in [1.165, 1.54) is 36.4 Å². The van der Waals surface area contributed by atoms with Crippen LogP contribution in [0, 0.1) is 0 Å². The molecule has 2 aromatic carbocycles. The summed E-state index contributed by atoms with van der Waals surface area (Å²) in [6.45, 7) is 0. The first-order chi connectivity index (χ1) is 17.4. The third kappa shape index (κ3) is 6.57. The van der Waals surface area contributed by atoms with Crippen molar-refractivity contribution in [1.82, 2.24) is 0 Å². The highest BCUT2D eigenvalue weighted by atomic mass is 16.6. The van der Waals surface area contributed by atoms with Crippen LogP contribution in [0.5, 0.6) is 23.0 Å². The molecule has 0 aliphatic heterocycles. The first-order valence-electron chi connectivity index (χ1n) is 10.8. The van der Waals surface area contributed by atoms with Gasteiger partial charge in [-0.2, -0.15) is 0 Å². The van der Waals surface area contributed by atoms with Crippen LogP contribution in [0.15, 0.2) is 48.6 Å². The number of para-hydroxylation sites is 1. The Morgan fingerprint density at radius 1 is 0.865 bits per heavy atom. The maximum Gasteiger partial charge on any atom is 0.335 e. The second-order valence-electron chi connectivity index (χ2n) is 8.32. The molecule has 0 aromatic heterocycles. The van der Waals surface area contributed by atoms with E-state index in [4.69, 9.17) is 9.47 Å². The normalized spacial score (nSPS) is 23.7. The highest BCUT2D eigenvalue weighted by Gasteiger charge is 2.52. The van der Waals surface area contributed by atoms with Crippen LogP contribution in [0.1, 0.15) is 24.0 Å². The molecule has 1 fully saturated rings.